The van der Waals surface area contributed by atoms with E-state index in [0.717, 1.165) is 28.5 Å². The van der Waals surface area contributed by atoms with Crippen molar-refractivity contribution in [2.24, 2.45) is 0 Å². The molecule has 0 atom stereocenters. The number of hydrogen-bond donors (Lipinski definition) is 0. The number of aryl methyl sites for hydroxylation is 1. The van der Waals surface area contributed by atoms with E-state index in [2.05, 4.69) is 69.9 Å². The molecule has 0 bridgehead atoms. The number of benzene rings is 2. The lowest BCUT2D eigenvalue weighted by Crippen LogP contribution is -2.41. The highest BCUT2D eigenvalue weighted by molar-refractivity contribution is 6.61. The van der Waals surface area contributed by atoms with E-state index in [1.807, 2.05) is 30.3 Å². The fourth-order valence-electron chi connectivity index (χ4n) is 4.04. The highest BCUT2D eigenvalue weighted by Crippen LogP contribution is 2.36. The first-order valence-corrected chi connectivity index (χ1v) is 12.0. The molecule has 184 valence electrons. The fraction of sp³-hybridized carbons (Fsp3) is 0.393. The molecule has 0 radical (unpaired) electrons. The molecule has 4 rings (SSSR count). The van der Waals surface area contributed by atoms with Gasteiger partial charge in [0.2, 0.25) is 0 Å². The van der Waals surface area contributed by atoms with Crippen LogP contribution in [0.3, 0.4) is 0 Å². The van der Waals surface area contributed by atoms with Gasteiger partial charge in [0, 0.05) is 13.1 Å². The van der Waals surface area contributed by atoms with E-state index >= 15 is 0 Å². The second kappa shape index (κ2) is 9.92. The summed E-state index contributed by atoms with van der Waals surface area (Å²) in [6, 6.07) is 20.5. The van der Waals surface area contributed by atoms with E-state index in [1.54, 1.807) is 14.2 Å². The van der Waals surface area contributed by atoms with Gasteiger partial charge in [0.25, 0.3) is 0 Å². The molecular formula is C28H35BN2O4. The Kier molecular flexibility index (Phi) is 7.11. The smallest absolute Gasteiger partial charge is 0.497 e. The Hall–Kier alpha value is -3.03. The summed E-state index contributed by atoms with van der Waals surface area (Å²) < 4.78 is 23.3. The van der Waals surface area contributed by atoms with Gasteiger partial charge < -0.3 is 23.7 Å². The van der Waals surface area contributed by atoms with Crippen molar-refractivity contribution in [1.82, 2.24) is 4.98 Å². The van der Waals surface area contributed by atoms with E-state index < -0.39 is 18.3 Å². The van der Waals surface area contributed by atoms with Gasteiger partial charge in [-0.25, -0.2) is 4.98 Å². The Labute approximate surface area is 209 Å². The summed E-state index contributed by atoms with van der Waals surface area (Å²) in [6.45, 7) is 11.7. The fourth-order valence-corrected chi connectivity index (χ4v) is 4.04. The van der Waals surface area contributed by atoms with Crippen molar-refractivity contribution < 1.29 is 18.8 Å². The molecule has 7 heteroatoms. The molecule has 2 aromatic carbocycles. The molecule has 1 saturated heterocycles. The Morgan fingerprint density at radius 2 is 1.23 bits per heavy atom. The van der Waals surface area contributed by atoms with E-state index in [4.69, 9.17) is 23.8 Å². The standard InChI is InChI=1S/C28H35BN2O4/c1-20-16-25(29-34-27(2,3)28(4,5)35-29)30-26(17-20)31(18-21-8-12-23(32-6)13-9-21)19-22-10-14-24(33-7)15-11-22/h8-17H,18-19H2,1-7H3. The van der Waals surface area contributed by atoms with Crippen LogP contribution in [0.25, 0.3) is 0 Å². The highest BCUT2D eigenvalue weighted by atomic mass is 16.7. The van der Waals surface area contributed by atoms with Crippen molar-refractivity contribution >= 4 is 18.5 Å². The third-order valence-corrected chi connectivity index (χ3v) is 6.86. The number of methoxy groups -OCH3 is 2. The molecule has 0 amide bonds. The van der Waals surface area contributed by atoms with Crippen LogP contribution in [0.15, 0.2) is 60.7 Å². The molecule has 35 heavy (non-hydrogen) atoms. The van der Waals surface area contributed by atoms with Crippen LogP contribution in [-0.4, -0.2) is 37.5 Å². The molecule has 1 aliphatic heterocycles. The summed E-state index contributed by atoms with van der Waals surface area (Å²) in [6.07, 6.45) is 0. The minimum Gasteiger partial charge on any atom is -0.497 e. The van der Waals surface area contributed by atoms with Gasteiger partial charge in [0.15, 0.2) is 0 Å². The first-order valence-electron chi connectivity index (χ1n) is 12.0. The zero-order chi connectivity index (χ0) is 25.2. The lowest BCUT2D eigenvalue weighted by Gasteiger charge is -2.32. The normalized spacial score (nSPS) is 16.3. The van der Waals surface area contributed by atoms with Crippen LogP contribution in [0.4, 0.5) is 5.82 Å². The zero-order valence-electron chi connectivity index (χ0n) is 21.8. The average molecular weight is 474 g/mol. The summed E-state index contributed by atoms with van der Waals surface area (Å²) in [7, 11) is 2.85. The summed E-state index contributed by atoms with van der Waals surface area (Å²) in [5.74, 6) is 2.56. The topological polar surface area (TPSA) is 53.1 Å². The lowest BCUT2D eigenvalue weighted by molar-refractivity contribution is 0.00578. The van der Waals surface area contributed by atoms with Crippen LogP contribution < -0.4 is 20.0 Å². The van der Waals surface area contributed by atoms with Crippen LogP contribution in [0, 0.1) is 6.92 Å². The third-order valence-electron chi connectivity index (χ3n) is 6.86. The van der Waals surface area contributed by atoms with Gasteiger partial charge in [0.1, 0.15) is 17.3 Å². The molecule has 2 heterocycles. The van der Waals surface area contributed by atoms with Gasteiger partial charge in [0.05, 0.1) is 31.0 Å². The van der Waals surface area contributed by atoms with Crippen LogP contribution in [0.2, 0.25) is 0 Å². The number of aromatic nitrogens is 1. The number of rotatable bonds is 8. The number of ether oxygens (including phenoxy) is 2. The monoisotopic (exact) mass is 474 g/mol. The summed E-state index contributed by atoms with van der Waals surface area (Å²) in [4.78, 5) is 7.30. The minimum atomic E-state index is -0.512. The predicted octanol–water partition coefficient (Wildman–Crippen LogP) is 4.91. The van der Waals surface area contributed by atoms with Crippen LogP contribution in [-0.2, 0) is 22.4 Å². The van der Waals surface area contributed by atoms with Crippen LogP contribution >= 0.6 is 0 Å². The molecule has 1 aliphatic rings. The molecule has 3 aromatic rings. The zero-order valence-corrected chi connectivity index (χ0v) is 21.8. The van der Waals surface area contributed by atoms with Crippen LogP contribution in [0.1, 0.15) is 44.4 Å². The number of anilines is 1. The average Bonchev–Trinajstić information content (AvgIpc) is 3.06. The second-order valence-corrected chi connectivity index (χ2v) is 10.1. The molecule has 6 nitrogen and oxygen atoms in total. The maximum Gasteiger partial charge on any atom is 0.514 e. The van der Waals surface area contributed by atoms with Gasteiger partial charge in [-0.3, -0.25) is 0 Å². The minimum absolute atomic E-state index is 0.421. The van der Waals surface area contributed by atoms with Crippen molar-refractivity contribution in [2.45, 2.75) is 58.9 Å². The van der Waals surface area contributed by atoms with E-state index in [0.29, 0.717) is 13.1 Å². The summed E-state index contributed by atoms with van der Waals surface area (Å²) in [5, 5.41) is 0. The molecule has 0 unspecified atom stereocenters. The first-order chi connectivity index (χ1) is 16.6. The molecule has 1 fully saturated rings. The van der Waals surface area contributed by atoms with Crippen molar-refractivity contribution in [2.75, 3.05) is 19.1 Å². The first kappa shape index (κ1) is 25.1. The molecular weight excluding hydrogens is 439 g/mol. The van der Waals surface area contributed by atoms with Gasteiger partial charge in [-0.2, -0.15) is 0 Å². The van der Waals surface area contributed by atoms with Crippen molar-refractivity contribution in [1.29, 1.82) is 0 Å². The maximum absolute atomic E-state index is 6.30. The Morgan fingerprint density at radius 1 is 0.771 bits per heavy atom. The maximum atomic E-state index is 6.30. The Morgan fingerprint density at radius 3 is 1.66 bits per heavy atom. The molecule has 0 N–H and O–H groups in total. The molecule has 0 saturated carbocycles. The molecule has 0 spiro atoms. The highest BCUT2D eigenvalue weighted by Gasteiger charge is 2.52. The van der Waals surface area contributed by atoms with Gasteiger partial charge in [-0.15, -0.1) is 0 Å². The van der Waals surface area contributed by atoms with E-state index in [9.17, 15) is 0 Å². The number of hydrogen-bond acceptors (Lipinski definition) is 6. The number of pyridine rings is 1. The van der Waals surface area contributed by atoms with Gasteiger partial charge in [-0.1, -0.05) is 24.3 Å². The van der Waals surface area contributed by atoms with Crippen molar-refractivity contribution in [3.05, 3.63) is 77.4 Å². The van der Waals surface area contributed by atoms with E-state index in [-0.39, 0.29) is 0 Å². The van der Waals surface area contributed by atoms with Crippen molar-refractivity contribution in [3.63, 3.8) is 0 Å². The largest absolute Gasteiger partial charge is 0.514 e. The third kappa shape index (κ3) is 5.63. The molecule has 1 aromatic heterocycles. The predicted molar refractivity (Wildman–Crippen MR) is 141 cm³/mol. The summed E-state index contributed by atoms with van der Waals surface area (Å²) in [5.41, 5.74) is 3.38. The Bertz CT molecular complexity index is 1080. The lowest BCUT2D eigenvalue weighted by atomic mass is 9.83. The van der Waals surface area contributed by atoms with Crippen molar-refractivity contribution in [3.8, 4) is 11.5 Å². The SMILES string of the molecule is COc1ccc(CN(Cc2ccc(OC)cc2)c2cc(C)cc(B3OC(C)(C)C(C)(C)O3)n2)cc1. The quantitative estimate of drug-likeness (QED) is 0.433. The van der Waals surface area contributed by atoms with Crippen LogP contribution in [0.5, 0.6) is 11.5 Å². The summed E-state index contributed by atoms with van der Waals surface area (Å²) >= 11 is 0. The number of nitrogens with zero attached hydrogens (tertiary/aromatic N) is 2. The van der Waals surface area contributed by atoms with E-state index in [1.165, 1.54) is 11.1 Å². The Balaban J connectivity index is 1.67. The van der Waals surface area contributed by atoms with Gasteiger partial charge >= 0.3 is 7.12 Å². The molecule has 0 aliphatic carbocycles. The van der Waals surface area contributed by atoms with Gasteiger partial charge in [-0.05, 0) is 87.7 Å². The second-order valence-electron chi connectivity index (χ2n) is 10.1.